The number of ether oxygens (including phenoxy) is 2. The van der Waals surface area contributed by atoms with Crippen LogP contribution in [0.2, 0.25) is 5.02 Å². The van der Waals surface area contributed by atoms with Crippen molar-refractivity contribution >= 4 is 44.8 Å². The Kier molecular flexibility index (Phi) is 5.32. The largest absolute Gasteiger partial charge is 0.478 e. The first-order chi connectivity index (χ1) is 15.5. The first kappa shape index (κ1) is 20.5. The molecule has 0 saturated heterocycles. The van der Waals surface area contributed by atoms with E-state index in [4.69, 9.17) is 21.1 Å². The van der Waals surface area contributed by atoms with Crippen LogP contribution in [0.15, 0.2) is 41.9 Å². The molecule has 3 heterocycles. The molecule has 0 saturated carbocycles. The number of fused-ring (bicyclic) bond motifs is 2. The Balaban J connectivity index is 1.45. The second-order valence-corrected chi connectivity index (χ2v) is 8.60. The van der Waals surface area contributed by atoms with Crippen LogP contribution in [0.1, 0.15) is 21.5 Å². The van der Waals surface area contributed by atoms with Gasteiger partial charge in [0.2, 0.25) is 6.79 Å². The van der Waals surface area contributed by atoms with E-state index in [0.29, 0.717) is 34.2 Å². The van der Waals surface area contributed by atoms with Crippen molar-refractivity contribution in [3.05, 3.63) is 63.6 Å². The molecule has 7 nitrogen and oxygen atoms in total. The van der Waals surface area contributed by atoms with Crippen molar-refractivity contribution in [1.29, 1.82) is 0 Å². The van der Waals surface area contributed by atoms with Crippen molar-refractivity contribution in [2.24, 2.45) is 0 Å². The number of aromatic carboxylic acids is 1. The van der Waals surface area contributed by atoms with E-state index in [2.05, 4.69) is 15.3 Å². The average Bonchev–Trinajstić information content (AvgIpc) is 3.44. The predicted molar refractivity (Wildman–Crippen MR) is 124 cm³/mol. The number of hydrogen-bond donors (Lipinski definition) is 2. The molecule has 9 heteroatoms. The summed E-state index contributed by atoms with van der Waals surface area (Å²) in [5.41, 5.74) is 2.73. The molecule has 5 rings (SSSR count). The van der Waals surface area contributed by atoms with E-state index in [0.717, 1.165) is 33.7 Å². The lowest BCUT2D eigenvalue weighted by Gasteiger charge is -2.16. The molecule has 0 fully saturated rings. The number of carboxylic acid groups (broad SMARTS) is 1. The van der Waals surface area contributed by atoms with Crippen molar-refractivity contribution in [2.45, 2.75) is 13.3 Å². The van der Waals surface area contributed by atoms with Crippen molar-refractivity contribution < 1.29 is 19.4 Å². The molecular formula is C23H18ClN3O4S. The van der Waals surface area contributed by atoms with Gasteiger partial charge in [0.1, 0.15) is 4.83 Å². The van der Waals surface area contributed by atoms with Crippen LogP contribution in [0.25, 0.3) is 21.6 Å². The van der Waals surface area contributed by atoms with Gasteiger partial charge in [-0.25, -0.2) is 14.8 Å². The standard InChI is InChI=1S/C23H18ClN3O4S/c1-12-19(23(28)29)15(21-26-10-14-5-7-32-22(14)27-21)9-16(20(12)24)25-6-4-13-2-3-17-18(8-13)31-11-30-17/h2-3,5,7-10,25H,4,6,11H2,1H3,(H,28,29). The average molecular weight is 468 g/mol. The molecule has 1 aliphatic heterocycles. The molecule has 2 aromatic heterocycles. The molecule has 162 valence electrons. The summed E-state index contributed by atoms with van der Waals surface area (Å²) in [5.74, 6) is 0.778. The van der Waals surface area contributed by atoms with E-state index >= 15 is 0 Å². The number of hydrogen-bond acceptors (Lipinski definition) is 7. The lowest BCUT2D eigenvalue weighted by atomic mass is 9.99. The van der Waals surface area contributed by atoms with Gasteiger partial charge < -0.3 is 19.9 Å². The predicted octanol–water partition coefficient (Wildman–Crippen LogP) is 5.40. The number of nitrogens with one attached hydrogen (secondary N) is 1. The second kappa shape index (κ2) is 8.29. The Bertz CT molecular complexity index is 1350. The lowest BCUT2D eigenvalue weighted by Crippen LogP contribution is -2.10. The van der Waals surface area contributed by atoms with Crippen molar-refractivity contribution in [1.82, 2.24) is 9.97 Å². The van der Waals surface area contributed by atoms with E-state index < -0.39 is 5.97 Å². The highest BCUT2D eigenvalue weighted by molar-refractivity contribution is 7.16. The Morgan fingerprint density at radius 1 is 1.25 bits per heavy atom. The first-order valence-corrected chi connectivity index (χ1v) is 11.2. The summed E-state index contributed by atoms with van der Waals surface area (Å²) in [5, 5.41) is 16.4. The third-order valence-electron chi connectivity index (χ3n) is 5.33. The SMILES string of the molecule is Cc1c(Cl)c(NCCc2ccc3c(c2)OCO3)cc(-c2ncc3ccsc3n2)c1C(=O)O. The number of carbonyl (C=O) groups is 1. The van der Waals surface area contributed by atoms with Gasteiger partial charge in [0.05, 0.1) is 16.3 Å². The highest BCUT2D eigenvalue weighted by Crippen LogP contribution is 2.36. The summed E-state index contributed by atoms with van der Waals surface area (Å²) in [4.78, 5) is 21.8. The Morgan fingerprint density at radius 2 is 2.09 bits per heavy atom. The quantitative estimate of drug-likeness (QED) is 0.392. The fraction of sp³-hybridized carbons (Fsp3) is 0.174. The number of benzene rings is 2. The summed E-state index contributed by atoms with van der Waals surface area (Å²) in [7, 11) is 0. The molecule has 0 spiro atoms. The van der Waals surface area contributed by atoms with Crippen LogP contribution in [-0.4, -0.2) is 34.4 Å². The minimum absolute atomic E-state index is 0.104. The minimum Gasteiger partial charge on any atom is -0.478 e. The van der Waals surface area contributed by atoms with Crippen LogP contribution in [0.3, 0.4) is 0 Å². The lowest BCUT2D eigenvalue weighted by molar-refractivity contribution is 0.0697. The van der Waals surface area contributed by atoms with Gasteiger partial charge in [-0.15, -0.1) is 11.3 Å². The number of thiophene rings is 1. The van der Waals surface area contributed by atoms with Gasteiger partial charge in [-0.1, -0.05) is 17.7 Å². The summed E-state index contributed by atoms with van der Waals surface area (Å²) in [6.45, 7) is 2.53. The maximum absolute atomic E-state index is 12.0. The minimum atomic E-state index is -1.07. The third kappa shape index (κ3) is 3.72. The summed E-state index contributed by atoms with van der Waals surface area (Å²) in [6, 6.07) is 9.49. The van der Waals surface area contributed by atoms with Gasteiger partial charge >= 0.3 is 5.97 Å². The second-order valence-electron chi connectivity index (χ2n) is 7.33. The maximum Gasteiger partial charge on any atom is 0.336 e. The number of anilines is 1. The van der Waals surface area contributed by atoms with E-state index in [1.165, 1.54) is 11.3 Å². The number of aromatic nitrogens is 2. The van der Waals surface area contributed by atoms with Crippen LogP contribution in [0, 0.1) is 6.92 Å². The van der Waals surface area contributed by atoms with Gasteiger partial charge in [-0.3, -0.25) is 0 Å². The topological polar surface area (TPSA) is 93.6 Å². The highest BCUT2D eigenvalue weighted by atomic mass is 35.5. The molecule has 4 aromatic rings. The molecular weight excluding hydrogens is 450 g/mol. The number of halogens is 1. The number of carboxylic acids is 1. The molecule has 0 radical (unpaired) electrons. The number of rotatable bonds is 6. The highest BCUT2D eigenvalue weighted by Gasteiger charge is 2.22. The van der Waals surface area contributed by atoms with E-state index in [1.807, 2.05) is 29.6 Å². The molecule has 32 heavy (non-hydrogen) atoms. The zero-order valence-corrected chi connectivity index (χ0v) is 18.6. The molecule has 0 bridgehead atoms. The summed E-state index contributed by atoms with van der Waals surface area (Å²) < 4.78 is 10.8. The van der Waals surface area contributed by atoms with Crippen LogP contribution >= 0.6 is 22.9 Å². The fourth-order valence-corrected chi connectivity index (χ4v) is 4.65. The molecule has 2 N–H and O–H groups in total. The van der Waals surface area contributed by atoms with Crippen molar-refractivity contribution in [3.63, 3.8) is 0 Å². The van der Waals surface area contributed by atoms with Gasteiger partial charge in [0.25, 0.3) is 0 Å². The molecule has 0 amide bonds. The zero-order valence-electron chi connectivity index (χ0n) is 17.0. The first-order valence-electron chi connectivity index (χ1n) is 9.90. The summed E-state index contributed by atoms with van der Waals surface area (Å²) >= 11 is 8.02. The van der Waals surface area contributed by atoms with Gasteiger partial charge in [-0.05, 0) is 54.1 Å². The van der Waals surface area contributed by atoms with E-state index in [9.17, 15) is 9.90 Å². The molecule has 0 atom stereocenters. The Hall–Kier alpha value is -3.36. The third-order valence-corrected chi connectivity index (χ3v) is 6.64. The van der Waals surface area contributed by atoms with Gasteiger partial charge in [0.15, 0.2) is 17.3 Å². The molecule has 0 unspecified atom stereocenters. The van der Waals surface area contributed by atoms with Crippen molar-refractivity contribution in [2.75, 3.05) is 18.7 Å². The maximum atomic E-state index is 12.0. The van der Waals surface area contributed by atoms with Crippen molar-refractivity contribution in [3.8, 4) is 22.9 Å². The van der Waals surface area contributed by atoms with Gasteiger partial charge in [0, 0.05) is 23.7 Å². The normalized spacial score (nSPS) is 12.3. The molecule has 2 aromatic carbocycles. The number of nitrogens with zero attached hydrogens (tertiary/aromatic N) is 2. The van der Waals surface area contributed by atoms with E-state index in [1.54, 1.807) is 19.2 Å². The Morgan fingerprint density at radius 3 is 2.94 bits per heavy atom. The summed E-state index contributed by atoms with van der Waals surface area (Å²) in [6.07, 6.45) is 2.43. The smallest absolute Gasteiger partial charge is 0.336 e. The monoisotopic (exact) mass is 467 g/mol. The van der Waals surface area contributed by atoms with Crippen LogP contribution in [-0.2, 0) is 6.42 Å². The zero-order chi connectivity index (χ0) is 22.2. The van der Waals surface area contributed by atoms with Crippen LogP contribution in [0.4, 0.5) is 5.69 Å². The van der Waals surface area contributed by atoms with E-state index in [-0.39, 0.29) is 12.4 Å². The Labute approximate surface area is 192 Å². The fourth-order valence-electron chi connectivity index (χ4n) is 3.70. The molecule has 1 aliphatic rings. The van der Waals surface area contributed by atoms with Crippen LogP contribution < -0.4 is 14.8 Å². The van der Waals surface area contributed by atoms with Gasteiger partial charge in [-0.2, -0.15) is 0 Å². The van der Waals surface area contributed by atoms with Crippen LogP contribution in [0.5, 0.6) is 11.5 Å². The molecule has 0 aliphatic carbocycles.